The number of aryl methyl sites for hydroxylation is 1. The standard InChI is InChI=1S/C24H20FN3O2S/c1-16-27-21(22(31-16)19-10-5-6-12-20(19)25)23(29)26-13-15-28-14-7-11-18(24(28)30)17-8-3-2-4-9-17/h2-12,14H,13,15H2,1H3,(H,26,29). The van der Waals surface area contributed by atoms with Crippen LogP contribution in [0.1, 0.15) is 15.5 Å². The molecule has 2 aromatic heterocycles. The number of carbonyl (C=O) groups excluding carboxylic acids is 1. The molecule has 4 aromatic rings. The van der Waals surface area contributed by atoms with Gasteiger partial charge in [-0.25, -0.2) is 9.37 Å². The number of amides is 1. The molecule has 7 heteroatoms. The van der Waals surface area contributed by atoms with Crippen LogP contribution in [-0.2, 0) is 6.54 Å². The first-order valence-corrected chi connectivity index (χ1v) is 10.6. The van der Waals surface area contributed by atoms with Crippen LogP contribution in [0.5, 0.6) is 0 Å². The highest BCUT2D eigenvalue weighted by Gasteiger charge is 2.20. The molecule has 0 bridgehead atoms. The Morgan fingerprint density at radius 2 is 1.74 bits per heavy atom. The molecular formula is C24H20FN3O2S. The average Bonchev–Trinajstić information content (AvgIpc) is 3.17. The summed E-state index contributed by atoms with van der Waals surface area (Å²) in [7, 11) is 0. The van der Waals surface area contributed by atoms with E-state index in [4.69, 9.17) is 0 Å². The summed E-state index contributed by atoms with van der Waals surface area (Å²) in [4.78, 5) is 30.3. The second-order valence-corrected chi connectivity index (χ2v) is 8.14. The van der Waals surface area contributed by atoms with Crippen molar-refractivity contribution in [2.24, 2.45) is 0 Å². The Hall–Kier alpha value is -3.58. The summed E-state index contributed by atoms with van der Waals surface area (Å²) >= 11 is 1.27. The minimum absolute atomic E-state index is 0.125. The summed E-state index contributed by atoms with van der Waals surface area (Å²) in [5.74, 6) is -0.792. The number of aromatic nitrogens is 2. The second-order valence-electron chi connectivity index (χ2n) is 6.93. The van der Waals surface area contributed by atoms with Crippen molar-refractivity contribution in [1.29, 1.82) is 0 Å². The van der Waals surface area contributed by atoms with Gasteiger partial charge in [0.05, 0.1) is 9.88 Å². The van der Waals surface area contributed by atoms with Crippen LogP contribution < -0.4 is 10.9 Å². The molecule has 0 saturated carbocycles. The number of halogens is 1. The fourth-order valence-electron chi connectivity index (χ4n) is 3.33. The number of nitrogens with zero attached hydrogens (tertiary/aromatic N) is 2. The van der Waals surface area contributed by atoms with Gasteiger partial charge in [-0.05, 0) is 30.7 Å². The third kappa shape index (κ3) is 4.46. The fourth-order valence-corrected chi connectivity index (χ4v) is 4.28. The lowest BCUT2D eigenvalue weighted by Gasteiger charge is -2.10. The lowest BCUT2D eigenvalue weighted by atomic mass is 10.1. The van der Waals surface area contributed by atoms with Crippen molar-refractivity contribution >= 4 is 17.2 Å². The molecule has 0 unspecified atom stereocenters. The molecule has 1 amide bonds. The maximum Gasteiger partial charge on any atom is 0.271 e. The van der Waals surface area contributed by atoms with E-state index in [2.05, 4.69) is 10.3 Å². The minimum atomic E-state index is -0.399. The van der Waals surface area contributed by atoms with Gasteiger partial charge in [-0.15, -0.1) is 11.3 Å². The maximum atomic E-state index is 14.2. The van der Waals surface area contributed by atoms with Gasteiger partial charge in [-0.1, -0.05) is 48.5 Å². The van der Waals surface area contributed by atoms with Crippen LogP contribution in [0, 0.1) is 12.7 Å². The maximum absolute atomic E-state index is 14.2. The SMILES string of the molecule is Cc1nc(C(=O)NCCn2cccc(-c3ccccc3)c2=O)c(-c2ccccc2F)s1. The van der Waals surface area contributed by atoms with Gasteiger partial charge < -0.3 is 9.88 Å². The molecule has 2 heterocycles. The zero-order valence-electron chi connectivity index (χ0n) is 16.8. The number of carbonyl (C=O) groups is 1. The Labute approximate surface area is 182 Å². The van der Waals surface area contributed by atoms with Crippen molar-refractivity contribution in [1.82, 2.24) is 14.9 Å². The zero-order valence-corrected chi connectivity index (χ0v) is 17.7. The summed E-state index contributed by atoms with van der Waals surface area (Å²) in [5, 5.41) is 3.48. The van der Waals surface area contributed by atoms with E-state index >= 15 is 0 Å². The summed E-state index contributed by atoms with van der Waals surface area (Å²) < 4.78 is 15.8. The molecule has 4 rings (SSSR count). The number of benzene rings is 2. The molecule has 0 aliphatic heterocycles. The van der Waals surface area contributed by atoms with E-state index in [-0.39, 0.29) is 17.8 Å². The molecule has 0 spiro atoms. The lowest BCUT2D eigenvalue weighted by Crippen LogP contribution is -2.31. The van der Waals surface area contributed by atoms with Crippen molar-refractivity contribution in [3.05, 3.63) is 99.8 Å². The molecule has 0 radical (unpaired) electrons. The average molecular weight is 434 g/mol. The van der Waals surface area contributed by atoms with Crippen LogP contribution in [0.3, 0.4) is 0 Å². The summed E-state index contributed by atoms with van der Waals surface area (Å²) in [6, 6.07) is 19.4. The smallest absolute Gasteiger partial charge is 0.271 e. The van der Waals surface area contributed by atoms with Crippen molar-refractivity contribution in [3.63, 3.8) is 0 Å². The fraction of sp³-hybridized carbons (Fsp3) is 0.125. The summed E-state index contributed by atoms with van der Waals surface area (Å²) in [6.07, 6.45) is 1.69. The first-order chi connectivity index (χ1) is 15.0. The van der Waals surface area contributed by atoms with Crippen molar-refractivity contribution in [2.75, 3.05) is 6.54 Å². The van der Waals surface area contributed by atoms with Gasteiger partial charge in [-0.3, -0.25) is 9.59 Å². The van der Waals surface area contributed by atoms with Gasteiger partial charge in [0.25, 0.3) is 11.5 Å². The normalized spacial score (nSPS) is 10.8. The molecule has 0 aliphatic carbocycles. The third-order valence-electron chi connectivity index (χ3n) is 4.81. The first kappa shape index (κ1) is 20.7. The summed E-state index contributed by atoms with van der Waals surface area (Å²) in [6.45, 7) is 2.33. The number of rotatable bonds is 6. The van der Waals surface area contributed by atoms with E-state index in [0.29, 0.717) is 27.6 Å². The molecule has 0 saturated heterocycles. The molecule has 2 aromatic carbocycles. The Bertz CT molecular complexity index is 1280. The van der Waals surface area contributed by atoms with Crippen LogP contribution in [0.2, 0.25) is 0 Å². The topological polar surface area (TPSA) is 64.0 Å². The lowest BCUT2D eigenvalue weighted by molar-refractivity contribution is 0.0948. The highest BCUT2D eigenvalue weighted by atomic mass is 32.1. The van der Waals surface area contributed by atoms with Crippen LogP contribution in [-0.4, -0.2) is 22.0 Å². The predicted molar refractivity (Wildman–Crippen MR) is 121 cm³/mol. The van der Waals surface area contributed by atoms with Gasteiger partial charge in [0.15, 0.2) is 0 Å². The van der Waals surface area contributed by atoms with Crippen molar-refractivity contribution in [3.8, 4) is 21.6 Å². The van der Waals surface area contributed by atoms with Gasteiger partial charge in [0.2, 0.25) is 0 Å². The van der Waals surface area contributed by atoms with E-state index in [1.807, 2.05) is 36.4 Å². The molecule has 1 N–H and O–H groups in total. The molecule has 31 heavy (non-hydrogen) atoms. The van der Waals surface area contributed by atoms with E-state index in [9.17, 15) is 14.0 Å². The summed E-state index contributed by atoms with van der Waals surface area (Å²) in [5.41, 5.74) is 1.87. The third-order valence-corrected chi connectivity index (χ3v) is 5.81. The van der Waals surface area contributed by atoms with Gasteiger partial charge >= 0.3 is 0 Å². The van der Waals surface area contributed by atoms with E-state index in [1.165, 1.54) is 17.4 Å². The second kappa shape index (κ2) is 9.06. The van der Waals surface area contributed by atoms with Crippen molar-refractivity contribution < 1.29 is 9.18 Å². The van der Waals surface area contributed by atoms with Crippen LogP contribution in [0.25, 0.3) is 21.6 Å². The van der Waals surface area contributed by atoms with Gasteiger partial charge in [0, 0.05) is 30.4 Å². The molecule has 5 nitrogen and oxygen atoms in total. The Kier molecular flexibility index (Phi) is 6.04. The largest absolute Gasteiger partial charge is 0.349 e. The molecular weight excluding hydrogens is 413 g/mol. The molecule has 0 aliphatic rings. The number of thiazole rings is 1. The number of pyridine rings is 1. The predicted octanol–water partition coefficient (Wildman–Crippen LogP) is 4.52. The van der Waals surface area contributed by atoms with E-state index < -0.39 is 11.7 Å². The quantitative estimate of drug-likeness (QED) is 0.486. The molecule has 0 fully saturated rings. The van der Waals surface area contributed by atoms with Gasteiger partial charge in [0.1, 0.15) is 11.5 Å². The van der Waals surface area contributed by atoms with E-state index in [0.717, 1.165) is 5.56 Å². The van der Waals surface area contributed by atoms with Crippen LogP contribution in [0.15, 0.2) is 77.7 Å². The first-order valence-electron chi connectivity index (χ1n) is 9.80. The zero-order chi connectivity index (χ0) is 21.8. The van der Waals surface area contributed by atoms with Gasteiger partial charge in [-0.2, -0.15) is 0 Å². The number of hydrogen-bond acceptors (Lipinski definition) is 4. The number of hydrogen-bond donors (Lipinski definition) is 1. The number of nitrogens with one attached hydrogen (secondary N) is 1. The Morgan fingerprint density at radius 3 is 2.52 bits per heavy atom. The molecule has 156 valence electrons. The van der Waals surface area contributed by atoms with Crippen molar-refractivity contribution in [2.45, 2.75) is 13.5 Å². The van der Waals surface area contributed by atoms with Crippen LogP contribution >= 0.6 is 11.3 Å². The Morgan fingerprint density at radius 1 is 1.03 bits per heavy atom. The van der Waals surface area contributed by atoms with Crippen LogP contribution in [0.4, 0.5) is 4.39 Å². The van der Waals surface area contributed by atoms with E-state index in [1.54, 1.807) is 42.0 Å². The Balaban J connectivity index is 1.49. The highest BCUT2D eigenvalue weighted by molar-refractivity contribution is 7.15. The highest BCUT2D eigenvalue weighted by Crippen LogP contribution is 2.31. The molecule has 0 atom stereocenters. The minimum Gasteiger partial charge on any atom is -0.349 e. The monoisotopic (exact) mass is 433 g/mol.